The van der Waals surface area contributed by atoms with Gasteiger partial charge in [0.05, 0.1) is 26.5 Å². The Labute approximate surface area is 164 Å². The number of methoxy groups -OCH3 is 2. The van der Waals surface area contributed by atoms with E-state index in [2.05, 4.69) is 15.3 Å². The normalized spacial score (nSPS) is 13.4. The molecule has 138 valence electrons. The van der Waals surface area contributed by atoms with E-state index in [0.29, 0.717) is 23.1 Å². The Morgan fingerprint density at radius 1 is 1.31 bits per heavy atom. The van der Waals surface area contributed by atoms with Crippen molar-refractivity contribution in [3.8, 4) is 22.8 Å². The Morgan fingerprint density at radius 3 is 2.88 bits per heavy atom. The van der Waals surface area contributed by atoms with Crippen molar-refractivity contribution in [2.24, 2.45) is 4.99 Å². The van der Waals surface area contributed by atoms with Crippen molar-refractivity contribution in [2.75, 3.05) is 37.6 Å². The van der Waals surface area contributed by atoms with Crippen molar-refractivity contribution < 1.29 is 14.3 Å². The maximum atomic E-state index is 12.1. The molecular weight excluding hydrogens is 390 g/mol. The summed E-state index contributed by atoms with van der Waals surface area (Å²) in [5.41, 5.74) is 1.70. The number of anilines is 1. The number of thioether (sulfide) groups is 2. The van der Waals surface area contributed by atoms with E-state index in [9.17, 15) is 4.79 Å². The molecule has 3 rings (SSSR count). The van der Waals surface area contributed by atoms with Gasteiger partial charge in [-0.3, -0.25) is 9.79 Å². The van der Waals surface area contributed by atoms with E-state index in [-0.39, 0.29) is 5.91 Å². The minimum Gasteiger partial charge on any atom is -0.493 e. The predicted octanol–water partition coefficient (Wildman–Crippen LogP) is 3.99. The lowest BCUT2D eigenvalue weighted by Crippen LogP contribution is -2.12. The molecule has 1 amide bonds. The van der Waals surface area contributed by atoms with Crippen LogP contribution in [0.5, 0.6) is 11.5 Å². The Hall–Kier alpha value is -1.71. The van der Waals surface area contributed by atoms with Crippen LogP contribution in [0.15, 0.2) is 28.6 Å². The van der Waals surface area contributed by atoms with Gasteiger partial charge in [0, 0.05) is 28.9 Å². The van der Waals surface area contributed by atoms with Gasteiger partial charge in [-0.25, -0.2) is 4.98 Å². The number of carbonyl (C=O) groups is 1. The quantitative estimate of drug-likeness (QED) is 0.745. The number of aliphatic imine (C=N–C) groups is 1. The summed E-state index contributed by atoms with van der Waals surface area (Å²) in [5.74, 6) is 3.06. The van der Waals surface area contributed by atoms with Gasteiger partial charge in [-0.1, -0.05) is 23.5 Å². The minimum atomic E-state index is -0.0330. The van der Waals surface area contributed by atoms with Crippen LogP contribution < -0.4 is 14.8 Å². The van der Waals surface area contributed by atoms with Crippen LogP contribution in [0, 0.1) is 0 Å². The molecule has 0 bridgehead atoms. The van der Waals surface area contributed by atoms with Gasteiger partial charge in [0.25, 0.3) is 0 Å². The predicted molar refractivity (Wildman–Crippen MR) is 111 cm³/mol. The number of nitrogens with one attached hydrogen (secondary N) is 1. The lowest BCUT2D eigenvalue weighted by atomic mass is 10.1. The van der Waals surface area contributed by atoms with E-state index in [1.54, 1.807) is 37.7 Å². The van der Waals surface area contributed by atoms with Crippen LogP contribution in [-0.4, -0.2) is 47.5 Å². The van der Waals surface area contributed by atoms with Crippen molar-refractivity contribution in [1.82, 2.24) is 4.98 Å². The second-order valence-corrected chi connectivity index (χ2v) is 8.53. The van der Waals surface area contributed by atoms with Gasteiger partial charge < -0.3 is 14.8 Å². The number of ether oxygens (including phenoxy) is 2. The number of thiazole rings is 1. The van der Waals surface area contributed by atoms with E-state index >= 15 is 0 Å². The highest BCUT2D eigenvalue weighted by Crippen LogP contribution is 2.33. The van der Waals surface area contributed by atoms with Crippen LogP contribution in [-0.2, 0) is 4.79 Å². The maximum absolute atomic E-state index is 12.1. The standard InChI is InChI=1S/C17H19N3O3S3/c1-22-13-4-3-11(9-14(13)23-2)12-10-26-16(19-12)20-15(21)5-7-24-17-18-6-8-25-17/h3-4,9-10H,5-8H2,1-2H3,(H,19,20,21). The summed E-state index contributed by atoms with van der Waals surface area (Å²) < 4.78 is 11.7. The minimum absolute atomic E-state index is 0.0330. The highest BCUT2D eigenvalue weighted by atomic mass is 32.2. The Balaban J connectivity index is 1.56. The summed E-state index contributed by atoms with van der Waals surface area (Å²) in [6.45, 7) is 0.886. The second-order valence-electron chi connectivity index (χ2n) is 5.25. The number of amides is 1. The average molecular weight is 410 g/mol. The van der Waals surface area contributed by atoms with Gasteiger partial charge in [0.1, 0.15) is 4.38 Å². The number of benzene rings is 1. The molecule has 1 aliphatic heterocycles. The summed E-state index contributed by atoms with van der Waals surface area (Å²) in [4.78, 5) is 20.9. The van der Waals surface area contributed by atoms with Crippen LogP contribution in [0.1, 0.15) is 6.42 Å². The molecular formula is C17H19N3O3S3. The van der Waals surface area contributed by atoms with Gasteiger partial charge in [-0.2, -0.15) is 0 Å². The smallest absolute Gasteiger partial charge is 0.226 e. The molecule has 0 radical (unpaired) electrons. The summed E-state index contributed by atoms with van der Waals surface area (Å²) >= 11 is 4.80. The second kappa shape index (κ2) is 9.29. The first kappa shape index (κ1) is 19.1. The van der Waals surface area contributed by atoms with Gasteiger partial charge in [-0.15, -0.1) is 11.3 Å². The average Bonchev–Trinajstić information content (AvgIpc) is 3.33. The van der Waals surface area contributed by atoms with E-state index in [1.807, 2.05) is 23.6 Å². The first-order valence-corrected chi connectivity index (χ1v) is 10.8. The fourth-order valence-electron chi connectivity index (χ4n) is 2.27. The number of aromatic nitrogens is 1. The third kappa shape index (κ3) is 4.93. The lowest BCUT2D eigenvalue weighted by Gasteiger charge is -2.08. The molecule has 0 atom stereocenters. The Morgan fingerprint density at radius 2 is 2.15 bits per heavy atom. The number of rotatable bonds is 7. The molecule has 0 fully saturated rings. The van der Waals surface area contributed by atoms with Crippen LogP contribution in [0.2, 0.25) is 0 Å². The van der Waals surface area contributed by atoms with Crippen molar-refractivity contribution in [2.45, 2.75) is 6.42 Å². The number of nitrogens with zero attached hydrogens (tertiary/aromatic N) is 2. The molecule has 0 spiro atoms. The molecule has 0 saturated carbocycles. The molecule has 0 saturated heterocycles. The summed E-state index contributed by atoms with van der Waals surface area (Å²) in [7, 11) is 3.20. The van der Waals surface area contributed by atoms with E-state index in [1.165, 1.54) is 11.3 Å². The molecule has 2 heterocycles. The topological polar surface area (TPSA) is 72.8 Å². The largest absolute Gasteiger partial charge is 0.493 e. The molecule has 6 nitrogen and oxygen atoms in total. The van der Waals surface area contributed by atoms with Crippen LogP contribution in [0.3, 0.4) is 0 Å². The van der Waals surface area contributed by atoms with Crippen LogP contribution in [0.25, 0.3) is 11.3 Å². The Bertz CT molecular complexity index is 808. The number of carbonyl (C=O) groups excluding carboxylic acids is 1. The number of hydrogen-bond acceptors (Lipinski definition) is 8. The highest BCUT2D eigenvalue weighted by molar-refractivity contribution is 8.39. The first-order chi connectivity index (χ1) is 12.7. The van der Waals surface area contributed by atoms with E-state index in [0.717, 1.165) is 33.7 Å². The summed E-state index contributed by atoms with van der Waals surface area (Å²) in [5, 5.41) is 5.37. The number of hydrogen-bond donors (Lipinski definition) is 1. The SMILES string of the molecule is COc1ccc(-c2csc(NC(=O)CCSC3=NCCS3)n2)cc1OC. The van der Waals surface area contributed by atoms with Crippen molar-refractivity contribution in [3.63, 3.8) is 0 Å². The fourth-order valence-corrected chi connectivity index (χ4v) is 5.03. The molecule has 0 unspecified atom stereocenters. The van der Waals surface area contributed by atoms with E-state index in [4.69, 9.17) is 9.47 Å². The molecule has 1 aromatic carbocycles. The maximum Gasteiger partial charge on any atom is 0.226 e. The zero-order valence-corrected chi connectivity index (χ0v) is 16.9. The van der Waals surface area contributed by atoms with Gasteiger partial charge in [0.15, 0.2) is 16.6 Å². The van der Waals surface area contributed by atoms with Crippen molar-refractivity contribution in [3.05, 3.63) is 23.6 Å². The zero-order valence-electron chi connectivity index (χ0n) is 14.5. The van der Waals surface area contributed by atoms with E-state index < -0.39 is 0 Å². The molecule has 9 heteroatoms. The molecule has 26 heavy (non-hydrogen) atoms. The van der Waals surface area contributed by atoms with Crippen LogP contribution in [0.4, 0.5) is 5.13 Å². The monoisotopic (exact) mass is 409 g/mol. The highest BCUT2D eigenvalue weighted by Gasteiger charge is 2.12. The van der Waals surface area contributed by atoms with Gasteiger partial charge >= 0.3 is 0 Å². The molecule has 1 aliphatic rings. The molecule has 1 aromatic heterocycles. The lowest BCUT2D eigenvalue weighted by molar-refractivity contribution is -0.115. The Kier molecular flexibility index (Phi) is 6.81. The first-order valence-electron chi connectivity index (χ1n) is 7.97. The summed E-state index contributed by atoms with van der Waals surface area (Å²) in [6, 6.07) is 5.63. The molecule has 1 N–H and O–H groups in total. The molecule has 0 aliphatic carbocycles. The van der Waals surface area contributed by atoms with Crippen molar-refractivity contribution >= 4 is 50.3 Å². The zero-order chi connectivity index (χ0) is 18.4. The third-order valence-corrected chi connectivity index (χ3v) is 6.55. The van der Waals surface area contributed by atoms with Gasteiger partial charge in [0.2, 0.25) is 5.91 Å². The summed E-state index contributed by atoms with van der Waals surface area (Å²) in [6.07, 6.45) is 0.440. The fraction of sp³-hybridized carbons (Fsp3) is 0.353. The van der Waals surface area contributed by atoms with Crippen LogP contribution >= 0.6 is 34.9 Å². The van der Waals surface area contributed by atoms with Crippen molar-refractivity contribution in [1.29, 1.82) is 0 Å². The third-order valence-electron chi connectivity index (χ3n) is 3.54. The van der Waals surface area contributed by atoms with Gasteiger partial charge in [-0.05, 0) is 18.2 Å². The molecule has 2 aromatic rings.